The van der Waals surface area contributed by atoms with E-state index in [1.807, 2.05) is 6.07 Å². The van der Waals surface area contributed by atoms with Crippen molar-refractivity contribution < 1.29 is 9.59 Å². The predicted molar refractivity (Wildman–Crippen MR) is 153 cm³/mol. The molecule has 2 aromatic rings. The molecule has 8 nitrogen and oxygen atoms in total. The van der Waals surface area contributed by atoms with Crippen molar-refractivity contribution in [3.8, 4) is 0 Å². The summed E-state index contributed by atoms with van der Waals surface area (Å²) in [5.74, 6) is 0.148. The van der Waals surface area contributed by atoms with Gasteiger partial charge in [-0.25, -0.2) is 0 Å². The van der Waals surface area contributed by atoms with E-state index in [2.05, 4.69) is 80.3 Å². The zero-order chi connectivity index (χ0) is 27.2. The number of carbonyl (C=O) groups excluding carboxylic acids is 2. The number of amides is 2. The van der Waals surface area contributed by atoms with E-state index in [1.54, 1.807) is 13.8 Å². The molecule has 2 aromatic carbocycles. The van der Waals surface area contributed by atoms with E-state index in [-0.39, 0.29) is 11.8 Å². The zero-order valence-corrected chi connectivity index (χ0v) is 23.1. The van der Waals surface area contributed by atoms with Gasteiger partial charge in [0.25, 0.3) is 0 Å². The van der Waals surface area contributed by atoms with Gasteiger partial charge in [0.15, 0.2) is 0 Å². The smallest absolute Gasteiger partial charge is 0.217 e. The number of hydrogen-bond donors (Lipinski definition) is 4. The summed E-state index contributed by atoms with van der Waals surface area (Å²) in [5, 5.41) is 8.98. The normalized spacial score (nSPS) is 23.1. The van der Waals surface area contributed by atoms with Gasteiger partial charge in [0.05, 0.1) is 0 Å². The van der Waals surface area contributed by atoms with Crippen molar-refractivity contribution >= 4 is 11.8 Å². The van der Waals surface area contributed by atoms with Crippen molar-refractivity contribution in [2.24, 2.45) is 5.73 Å². The molecule has 5 N–H and O–H groups in total. The number of nitrogens with one attached hydrogen (secondary N) is 3. The van der Waals surface area contributed by atoms with Crippen molar-refractivity contribution in [2.75, 3.05) is 39.3 Å². The van der Waals surface area contributed by atoms with E-state index in [0.717, 1.165) is 71.6 Å². The van der Waals surface area contributed by atoms with Crippen molar-refractivity contribution in [2.45, 2.75) is 64.3 Å². The van der Waals surface area contributed by atoms with Gasteiger partial charge in [-0.2, -0.15) is 0 Å². The molecule has 8 heteroatoms. The van der Waals surface area contributed by atoms with E-state index in [0.29, 0.717) is 18.1 Å². The summed E-state index contributed by atoms with van der Waals surface area (Å²) in [7, 11) is 0. The number of hydrogen-bond acceptors (Lipinski definition) is 6. The van der Waals surface area contributed by atoms with Crippen molar-refractivity contribution in [3.05, 3.63) is 71.8 Å². The second-order valence-corrected chi connectivity index (χ2v) is 10.6. The van der Waals surface area contributed by atoms with Crippen LogP contribution in [0.5, 0.6) is 0 Å². The Kier molecular flexibility index (Phi) is 12.7. The van der Waals surface area contributed by atoms with E-state index in [1.165, 1.54) is 11.1 Å². The van der Waals surface area contributed by atoms with Crippen LogP contribution in [0.15, 0.2) is 60.7 Å². The first-order chi connectivity index (χ1) is 18.4. The molecule has 3 aliphatic heterocycles. The Morgan fingerprint density at radius 2 is 1.32 bits per heavy atom. The molecule has 0 bridgehead atoms. The van der Waals surface area contributed by atoms with Crippen molar-refractivity contribution in [1.82, 2.24) is 25.8 Å². The van der Waals surface area contributed by atoms with Crippen molar-refractivity contribution in [1.29, 1.82) is 0 Å². The van der Waals surface area contributed by atoms with Crippen LogP contribution < -0.4 is 21.7 Å². The molecule has 2 amide bonds. The zero-order valence-electron chi connectivity index (χ0n) is 23.1. The van der Waals surface area contributed by atoms with Gasteiger partial charge in [0.2, 0.25) is 11.8 Å². The number of nitrogens with zero attached hydrogens (tertiary/aromatic N) is 2. The molecular formula is C30H46N6O2. The maximum Gasteiger partial charge on any atom is 0.217 e. The third kappa shape index (κ3) is 11.7. The first kappa shape index (κ1) is 29.8. The quantitative estimate of drug-likeness (QED) is 0.464. The molecule has 0 aliphatic carbocycles. The molecule has 0 saturated carbocycles. The Balaban J connectivity index is 0.000000164. The summed E-state index contributed by atoms with van der Waals surface area (Å²) < 4.78 is 0. The fourth-order valence-corrected chi connectivity index (χ4v) is 5.14. The molecule has 5 rings (SSSR count). The van der Waals surface area contributed by atoms with Crippen LogP contribution >= 0.6 is 0 Å². The van der Waals surface area contributed by atoms with Gasteiger partial charge in [-0.1, -0.05) is 60.7 Å². The van der Waals surface area contributed by atoms with Gasteiger partial charge in [-0.05, 0) is 36.9 Å². The lowest BCUT2D eigenvalue weighted by Crippen LogP contribution is -2.35. The van der Waals surface area contributed by atoms with Crippen LogP contribution in [0.1, 0.15) is 44.2 Å². The molecule has 3 fully saturated rings. The van der Waals surface area contributed by atoms with Gasteiger partial charge < -0.3 is 21.7 Å². The lowest BCUT2D eigenvalue weighted by Gasteiger charge is -2.16. The van der Waals surface area contributed by atoms with Crippen LogP contribution in [0, 0.1) is 0 Å². The molecule has 3 atom stereocenters. The Labute approximate surface area is 228 Å². The van der Waals surface area contributed by atoms with E-state index >= 15 is 0 Å². The van der Waals surface area contributed by atoms with Crippen LogP contribution in [-0.4, -0.2) is 79.0 Å². The van der Waals surface area contributed by atoms with Crippen LogP contribution in [-0.2, 0) is 22.7 Å². The highest BCUT2D eigenvalue weighted by Gasteiger charge is 2.22. The molecule has 208 valence electrons. The SMILES string of the molecule is CC(=O)N[C@H]1CCN(Cc2ccccc2)C1.CC(=O)N[C@H]1CCNC1.N[C@H]1CCN(Cc2ccccc2)C1. The minimum Gasteiger partial charge on any atom is -0.352 e. The van der Waals surface area contributed by atoms with Crippen molar-refractivity contribution in [3.63, 3.8) is 0 Å². The predicted octanol–water partition coefficient (Wildman–Crippen LogP) is 2.10. The summed E-state index contributed by atoms with van der Waals surface area (Å²) in [5.41, 5.74) is 8.56. The summed E-state index contributed by atoms with van der Waals surface area (Å²) in [6, 6.07) is 22.1. The van der Waals surface area contributed by atoms with Crippen LogP contribution in [0.25, 0.3) is 0 Å². The average Bonchev–Trinajstić information content (AvgIpc) is 3.65. The maximum atomic E-state index is 10.9. The molecule has 0 unspecified atom stereocenters. The highest BCUT2D eigenvalue weighted by atomic mass is 16.2. The van der Waals surface area contributed by atoms with E-state index in [4.69, 9.17) is 5.73 Å². The van der Waals surface area contributed by atoms with Gasteiger partial charge >= 0.3 is 0 Å². The Hall–Kier alpha value is -2.78. The van der Waals surface area contributed by atoms with E-state index < -0.39 is 0 Å². The first-order valence-corrected chi connectivity index (χ1v) is 13.9. The Morgan fingerprint density at radius 1 is 0.789 bits per heavy atom. The molecule has 0 aromatic heterocycles. The topological polar surface area (TPSA) is 103 Å². The number of carbonyl (C=O) groups is 2. The maximum absolute atomic E-state index is 10.9. The van der Waals surface area contributed by atoms with Gasteiger partial charge in [0, 0.05) is 77.8 Å². The summed E-state index contributed by atoms with van der Waals surface area (Å²) in [4.78, 5) is 26.2. The number of benzene rings is 2. The number of nitrogens with two attached hydrogens (primary N) is 1. The van der Waals surface area contributed by atoms with Crippen LogP contribution in [0.4, 0.5) is 0 Å². The minimum absolute atomic E-state index is 0.0729. The summed E-state index contributed by atoms with van der Waals surface area (Å²) >= 11 is 0. The van der Waals surface area contributed by atoms with Gasteiger partial charge in [0.1, 0.15) is 0 Å². The largest absolute Gasteiger partial charge is 0.352 e. The average molecular weight is 523 g/mol. The van der Waals surface area contributed by atoms with Gasteiger partial charge in [-0.15, -0.1) is 0 Å². The highest BCUT2D eigenvalue weighted by molar-refractivity contribution is 5.73. The standard InChI is InChI=1S/C13H18N2O.C11H16N2.C6H12N2O/c1-11(16)14-13-7-8-15(10-13)9-12-5-3-2-4-6-12;12-11-6-7-13(9-11)8-10-4-2-1-3-5-10;1-5(9)8-6-2-3-7-4-6/h2-6,13H,7-10H2,1H3,(H,14,16);1-5,11H,6-9,12H2;6-7H,2-4H2,1H3,(H,8,9)/t13-;11-;6-/m000/s1. The molecule has 3 saturated heterocycles. The second-order valence-electron chi connectivity index (χ2n) is 10.6. The molecular weight excluding hydrogens is 476 g/mol. The lowest BCUT2D eigenvalue weighted by atomic mass is 10.2. The third-order valence-corrected chi connectivity index (χ3v) is 6.95. The van der Waals surface area contributed by atoms with E-state index in [9.17, 15) is 9.59 Å². The first-order valence-electron chi connectivity index (χ1n) is 13.9. The van der Waals surface area contributed by atoms with Gasteiger partial charge in [-0.3, -0.25) is 19.4 Å². The fraction of sp³-hybridized carbons (Fsp3) is 0.533. The number of likely N-dealkylation sites (tertiary alicyclic amines) is 2. The molecule has 0 radical (unpaired) electrons. The highest BCUT2D eigenvalue weighted by Crippen LogP contribution is 2.13. The second kappa shape index (κ2) is 16.2. The Morgan fingerprint density at radius 3 is 1.79 bits per heavy atom. The Bertz CT molecular complexity index is 952. The molecule has 38 heavy (non-hydrogen) atoms. The molecule has 3 aliphatic rings. The molecule has 0 spiro atoms. The summed E-state index contributed by atoms with van der Waals surface area (Å²) in [6.45, 7) is 11.4. The number of rotatable bonds is 6. The summed E-state index contributed by atoms with van der Waals surface area (Å²) in [6.07, 6.45) is 3.28. The van der Waals surface area contributed by atoms with Crippen LogP contribution in [0.2, 0.25) is 0 Å². The third-order valence-electron chi connectivity index (χ3n) is 6.95. The van der Waals surface area contributed by atoms with Crippen LogP contribution in [0.3, 0.4) is 0 Å². The minimum atomic E-state index is 0.0729. The fourth-order valence-electron chi connectivity index (χ4n) is 5.14. The monoisotopic (exact) mass is 522 g/mol. The molecule has 3 heterocycles. The lowest BCUT2D eigenvalue weighted by molar-refractivity contribution is -0.120.